The number of nitriles is 1. The normalized spacial score (nSPS) is 13.4. The molecule has 1 unspecified atom stereocenters. The van der Waals surface area contributed by atoms with E-state index in [4.69, 9.17) is 18.9 Å². The molecule has 0 saturated heterocycles. The number of fused-ring (bicyclic) bond motifs is 1. The summed E-state index contributed by atoms with van der Waals surface area (Å²) in [6, 6.07) is 25.4. The van der Waals surface area contributed by atoms with Crippen molar-refractivity contribution in [3.05, 3.63) is 106 Å². The van der Waals surface area contributed by atoms with Crippen molar-refractivity contribution in [1.29, 1.82) is 5.26 Å². The number of carboxylic acid groups (broad SMARTS) is 1. The van der Waals surface area contributed by atoms with Gasteiger partial charge in [-0.1, -0.05) is 36.4 Å². The smallest absolute Gasteiger partial charge is 0.326 e. The van der Waals surface area contributed by atoms with Crippen molar-refractivity contribution < 1.29 is 34.0 Å². The van der Waals surface area contributed by atoms with Crippen molar-refractivity contribution in [2.45, 2.75) is 39.0 Å². The van der Waals surface area contributed by atoms with E-state index in [0.29, 0.717) is 42.3 Å². The summed E-state index contributed by atoms with van der Waals surface area (Å²) < 4.78 is 23.6. The number of methoxy groups -OCH3 is 1. The number of carboxylic acids is 1. The summed E-state index contributed by atoms with van der Waals surface area (Å²) in [6.07, 6.45) is 0.581. The van der Waals surface area contributed by atoms with E-state index in [-0.39, 0.29) is 13.2 Å². The summed E-state index contributed by atoms with van der Waals surface area (Å²) in [7, 11) is 1.55. The van der Waals surface area contributed by atoms with Crippen LogP contribution in [-0.2, 0) is 24.4 Å². The molecule has 1 heterocycles. The first-order chi connectivity index (χ1) is 21.7. The number of nitrogens with one attached hydrogen (secondary N) is 1. The minimum Gasteiger partial charge on any atom is -0.496 e. The summed E-state index contributed by atoms with van der Waals surface area (Å²) in [4.78, 5) is 11.8. The Balaban J connectivity index is 1.48. The van der Waals surface area contributed by atoms with E-state index in [9.17, 15) is 20.3 Å². The summed E-state index contributed by atoms with van der Waals surface area (Å²) in [6.45, 7) is 4.23. The van der Waals surface area contributed by atoms with Gasteiger partial charge in [-0.15, -0.1) is 0 Å². The minimum absolute atomic E-state index is 0.0685. The molecule has 0 radical (unpaired) electrons. The van der Waals surface area contributed by atoms with Crippen molar-refractivity contribution in [2.24, 2.45) is 0 Å². The van der Waals surface area contributed by atoms with Gasteiger partial charge in [0.05, 0.1) is 25.3 Å². The first kappa shape index (κ1) is 31.4. The number of nitrogens with zero attached hydrogens (tertiary/aromatic N) is 1. The molecular formula is C36H36N2O7. The second-order valence-electron chi connectivity index (χ2n) is 11.1. The van der Waals surface area contributed by atoms with Crippen LogP contribution in [0.3, 0.4) is 0 Å². The van der Waals surface area contributed by atoms with E-state index < -0.39 is 18.1 Å². The zero-order valence-corrected chi connectivity index (χ0v) is 25.6. The Labute approximate surface area is 262 Å². The number of aliphatic carboxylic acids is 1. The molecule has 0 bridgehead atoms. The molecule has 1 aliphatic rings. The lowest BCUT2D eigenvalue weighted by molar-refractivity contribution is -0.145. The molecule has 0 saturated carbocycles. The first-order valence-electron chi connectivity index (χ1n) is 14.6. The van der Waals surface area contributed by atoms with Crippen molar-refractivity contribution in [3.8, 4) is 40.2 Å². The van der Waals surface area contributed by atoms with Crippen LogP contribution in [-0.4, -0.2) is 48.7 Å². The van der Waals surface area contributed by atoms with Gasteiger partial charge in [0.25, 0.3) is 0 Å². The van der Waals surface area contributed by atoms with Crippen molar-refractivity contribution >= 4 is 5.97 Å². The summed E-state index contributed by atoms with van der Waals surface area (Å²) >= 11 is 0. The number of rotatable bonds is 12. The standard InChI is InChI=1S/C36H36N2O7/c1-23-27(8-5-9-29(23)28-10-11-31-34(18-28)44-13-12-43-31)15-26-16-32(42-3)30(20-38-36(2,22-39)35(40)41)33(17-26)45-21-25-7-4-6-24(14-25)19-37/h4-11,14,16-18,38-39H,12-13,15,20-22H2,1-3H3,(H,40,41). The number of ether oxygens (including phenoxy) is 4. The number of hydrogen-bond acceptors (Lipinski definition) is 8. The van der Waals surface area contributed by atoms with E-state index in [2.05, 4.69) is 30.4 Å². The number of aliphatic hydroxyl groups is 1. The predicted octanol–water partition coefficient (Wildman–Crippen LogP) is 5.41. The van der Waals surface area contributed by atoms with Gasteiger partial charge in [-0.2, -0.15) is 5.26 Å². The van der Waals surface area contributed by atoms with Crippen LogP contribution in [0.2, 0.25) is 0 Å². The van der Waals surface area contributed by atoms with Crippen LogP contribution in [0.5, 0.6) is 23.0 Å². The van der Waals surface area contributed by atoms with Crippen LogP contribution < -0.4 is 24.3 Å². The highest BCUT2D eigenvalue weighted by atomic mass is 16.6. The molecule has 3 N–H and O–H groups in total. The minimum atomic E-state index is -1.56. The lowest BCUT2D eigenvalue weighted by Gasteiger charge is -2.25. The van der Waals surface area contributed by atoms with Crippen molar-refractivity contribution in [2.75, 3.05) is 26.9 Å². The number of carbonyl (C=O) groups is 1. The van der Waals surface area contributed by atoms with E-state index in [1.54, 1.807) is 25.3 Å². The van der Waals surface area contributed by atoms with Gasteiger partial charge >= 0.3 is 5.97 Å². The Morgan fingerprint density at radius 1 is 1.00 bits per heavy atom. The monoisotopic (exact) mass is 608 g/mol. The maximum atomic E-state index is 11.8. The third kappa shape index (κ3) is 7.04. The van der Waals surface area contributed by atoms with Crippen LogP contribution in [0.25, 0.3) is 11.1 Å². The Bertz CT molecular complexity index is 1750. The quantitative estimate of drug-likeness (QED) is 0.193. The van der Waals surface area contributed by atoms with Crippen LogP contribution in [0.1, 0.15) is 40.3 Å². The third-order valence-corrected chi connectivity index (χ3v) is 8.04. The number of aliphatic hydroxyl groups excluding tert-OH is 1. The zero-order chi connectivity index (χ0) is 32.0. The van der Waals surface area contributed by atoms with Crippen molar-refractivity contribution in [1.82, 2.24) is 5.32 Å². The first-order valence-corrected chi connectivity index (χ1v) is 14.6. The van der Waals surface area contributed by atoms with Gasteiger partial charge in [0.1, 0.15) is 36.9 Å². The molecule has 1 atom stereocenters. The molecule has 0 amide bonds. The largest absolute Gasteiger partial charge is 0.496 e. The topological polar surface area (TPSA) is 130 Å². The molecule has 0 aliphatic carbocycles. The van der Waals surface area contributed by atoms with Crippen LogP contribution in [0.15, 0.2) is 72.8 Å². The van der Waals surface area contributed by atoms with Gasteiger partial charge in [-0.3, -0.25) is 10.1 Å². The fourth-order valence-corrected chi connectivity index (χ4v) is 5.25. The molecule has 0 spiro atoms. The molecule has 45 heavy (non-hydrogen) atoms. The highest BCUT2D eigenvalue weighted by molar-refractivity contribution is 5.78. The number of hydrogen-bond donors (Lipinski definition) is 3. The van der Waals surface area contributed by atoms with E-state index in [1.807, 2.05) is 42.5 Å². The Kier molecular flexibility index (Phi) is 9.57. The summed E-state index contributed by atoms with van der Waals surface area (Å²) in [5, 5.41) is 31.7. The molecule has 5 rings (SSSR count). The van der Waals surface area contributed by atoms with Gasteiger partial charge < -0.3 is 29.2 Å². The Hall–Kier alpha value is -5.04. The Morgan fingerprint density at radius 3 is 2.49 bits per heavy atom. The molecule has 0 fully saturated rings. The molecule has 4 aromatic rings. The van der Waals surface area contributed by atoms with Crippen LogP contribution in [0, 0.1) is 18.3 Å². The summed E-state index contributed by atoms with van der Waals surface area (Å²) in [5.74, 6) is 1.33. The molecule has 232 valence electrons. The van der Waals surface area contributed by atoms with E-state index >= 15 is 0 Å². The SMILES string of the molecule is COc1cc(Cc2cccc(-c3ccc4c(c3)OCCO4)c2C)cc(OCc2cccc(C#N)c2)c1CNC(C)(CO)C(=O)O. The molecule has 9 nitrogen and oxygen atoms in total. The molecule has 0 aromatic heterocycles. The molecule has 1 aliphatic heterocycles. The Morgan fingerprint density at radius 2 is 1.76 bits per heavy atom. The van der Waals surface area contributed by atoms with Gasteiger partial charge in [0.2, 0.25) is 0 Å². The molecule has 4 aromatic carbocycles. The fraction of sp³-hybridized carbons (Fsp3) is 0.278. The second kappa shape index (κ2) is 13.7. The lowest BCUT2D eigenvalue weighted by atomic mass is 9.92. The molecule has 9 heteroatoms. The van der Waals surface area contributed by atoms with Gasteiger partial charge in [-0.25, -0.2) is 0 Å². The highest BCUT2D eigenvalue weighted by Gasteiger charge is 2.32. The average molecular weight is 609 g/mol. The van der Waals surface area contributed by atoms with E-state index in [1.165, 1.54) is 6.92 Å². The maximum absolute atomic E-state index is 11.8. The zero-order valence-electron chi connectivity index (χ0n) is 25.6. The second-order valence-corrected chi connectivity index (χ2v) is 11.1. The lowest BCUT2D eigenvalue weighted by Crippen LogP contribution is -2.52. The van der Waals surface area contributed by atoms with Crippen molar-refractivity contribution in [3.63, 3.8) is 0 Å². The molecular weight excluding hydrogens is 572 g/mol. The summed E-state index contributed by atoms with van der Waals surface area (Å²) in [5.41, 5.74) is 5.67. The van der Waals surface area contributed by atoms with Gasteiger partial charge in [0, 0.05) is 12.1 Å². The highest BCUT2D eigenvalue weighted by Crippen LogP contribution is 2.37. The predicted molar refractivity (Wildman–Crippen MR) is 169 cm³/mol. The average Bonchev–Trinajstić information content (AvgIpc) is 3.07. The fourth-order valence-electron chi connectivity index (χ4n) is 5.25. The van der Waals surface area contributed by atoms with Gasteiger partial charge in [0.15, 0.2) is 11.5 Å². The van der Waals surface area contributed by atoms with Crippen LogP contribution >= 0.6 is 0 Å². The van der Waals surface area contributed by atoms with Crippen LogP contribution in [0.4, 0.5) is 0 Å². The van der Waals surface area contributed by atoms with Gasteiger partial charge in [-0.05, 0) is 90.0 Å². The van der Waals surface area contributed by atoms with E-state index in [0.717, 1.165) is 44.9 Å². The third-order valence-electron chi connectivity index (χ3n) is 8.04. The maximum Gasteiger partial charge on any atom is 0.326 e. The number of benzene rings is 4.